The van der Waals surface area contributed by atoms with Crippen LogP contribution in [0.25, 0.3) is 6.08 Å². The van der Waals surface area contributed by atoms with Gasteiger partial charge in [-0.3, -0.25) is 9.78 Å². The van der Waals surface area contributed by atoms with Gasteiger partial charge in [-0.2, -0.15) is 0 Å². The van der Waals surface area contributed by atoms with E-state index in [1.54, 1.807) is 42.6 Å². The maximum Gasteiger partial charge on any atom is 0.231 e. The van der Waals surface area contributed by atoms with Crippen LogP contribution in [-0.4, -0.2) is 17.6 Å². The van der Waals surface area contributed by atoms with Crippen LogP contribution in [0.15, 0.2) is 42.6 Å². The highest BCUT2D eigenvalue weighted by atomic mass is 35.5. The summed E-state index contributed by atoms with van der Waals surface area (Å²) in [5.74, 6) is 1.06. The van der Waals surface area contributed by atoms with Crippen molar-refractivity contribution >= 4 is 23.5 Å². The van der Waals surface area contributed by atoms with E-state index < -0.39 is 0 Å². The Balaban J connectivity index is 1.84. The zero-order valence-electron chi connectivity index (χ0n) is 10.4. The van der Waals surface area contributed by atoms with E-state index in [9.17, 15) is 4.79 Å². The Hall–Kier alpha value is -2.33. The number of halogens is 1. The van der Waals surface area contributed by atoms with Gasteiger partial charge in [0.05, 0.1) is 5.02 Å². The monoisotopic (exact) mass is 287 g/mol. The van der Waals surface area contributed by atoms with Gasteiger partial charge >= 0.3 is 0 Å². The molecule has 1 aliphatic heterocycles. The first-order valence-electron chi connectivity index (χ1n) is 5.96. The molecule has 0 radical (unpaired) electrons. The number of carbonyl (C=O) groups excluding carboxylic acids is 1. The van der Waals surface area contributed by atoms with Crippen molar-refractivity contribution in [3.8, 4) is 11.5 Å². The van der Waals surface area contributed by atoms with Crippen LogP contribution in [0.2, 0.25) is 5.02 Å². The number of hydrogen-bond acceptors (Lipinski definition) is 4. The fraction of sp³-hybridized carbons (Fsp3) is 0.0667. The smallest absolute Gasteiger partial charge is 0.231 e. The molecule has 0 saturated carbocycles. The molecule has 1 aromatic heterocycles. The molecule has 1 aromatic carbocycles. The summed E-state index contributed by atoms with van der Waals surface area (Å²) in [7, 11) is 0. The Morgan fingerprint density at radius 1 is 1.25 bits per heavy atom. The Bertz CT molecular complexity index is 683. The summed E-state index contributed by atoms with van der Waals surface area (Å²) in [6.07, 6.45) is 4.65. The van der Waals surface area contributed by atoms with E-state index in [1.165, 1.54) is 6.08 Å². The molecule has 0 amide bonds. The highest BCUT2D eigenvalue weighted by Crippen LogP contribution is 2.37. The number of ether oxygens (including phenoxy) is 2. The van der Waals surface area contributed by atoms with E-state index >= 15 is 0 Å². The maximum atomic E-state index is 11.9. The van der Waals surface area contributed by atoms with Crippen LogP contribution in [-0.2, 0) is 0 Å². The molecule has 2 aromatic rings. The Labute approximate surface area is 120 Å². The lowest BCUT2D eigenvalue weighted by atomic mass is 10.1. The number of allylic oxidation sites excluding steroid dienone is 1. The first kappa shape index (κ1) is 12.7. The highest BCUT2D eigenvalue weighted by molar-refractivity contribution is 6.32. The minimum Gasteiger partial charge on any atom is -0.454 e. The first-order chi connectivity index (χ1) is 9.74. The molecule has 0 unspecified atom stereocenters. The van der Waals surface area contributed by atoms with Crippen LogP contribution < -0.4 is 9.47 Å². The second-order valence-corrected chi connectivity index (χ2v) is 4.55. The topological polar surface area (TPSA) is 48.4 Å². The Kier molecular flexibility index (Phi) is 3.39. The number of hydrogen-bond donors (Lipinski definition) is 0. The number of fused-ring (bicyclic) bond motifs is 1. The summed E-state index contributed by atoms with van der Waals surface area (Å²) in [4.78, 5) is 15.9. The summed E-state index contributed by atoms with van der Waals surface area (Å²) >= 11 is 6.12. The molecule has 0 atom stereocenters. The minimum absolute atomic E-state index is 0.181. The van der Waals surface area contributed by atoms with Gasteiger partial charge in [0.2, 0.25) is 12.6 Å². The molecular formula is C15H10ClNO3. The summed E-state index contributed by atoms with van der Waals surface area (Å²) in [5.41, 5.74) is 1.08. The normalized spacial score (nSPS) is 12.8. The maximum absolute atomic E-state index is 11.9. The van der Waals surface area contributed by atoms with Gasteiger partial charge in [0.15, 0.2) is 11.5 Å². The van der Waals surface area contributed by atoms with Gasteiger partial charge in [-0.1, -0.05) is 17.7 Å². The van der Waals surface area contributed by atoms with Crippen molar-refractivity contribution in [2.75, 3.05) is 6.79 Å². The molecule has 0 fully saturated rings. The summed E-state index contributed by atoms with van der Waals surface area (Å²) in [5, 5.41) is 0.499. The molecule has 0 bridgehead atoms. The number of pyridine rings is 1. The fourth-order valence-corrected chi connectivity index (χ4v) is 2.04. The van der Waals surface area contributed by atoms with Crippen molar-refractivity contribution in [1.82, 2.24) is 4.98 Å². The molecule has 0 N–H and O–H groups in total. The highest BCUT2D eigenvalue weighted by Gasteiger charge is 2.15. The average Bonchev–Trinajstić information content (AvgIpc) is 2.92. The number of aromatic nitrogens is 1. The largest absolute Gasteiger partial charge is 0.454 e. The van der Waals surface area contributed by atoms with Gasteiger partial charge in [0.25, 0.3) is 0 Å². The standard InChI is InChI=1S/C15H10ClNO3/c16-11-8-15-14(19-9-20-15)7-10(11)4-5-13(18)12-3-1-2-6-17-12/h1-8H,9H2/b5-4+. The molecule has 0 saturated heterocycles. The van der Waals surface area contributed by atoms with Crippen molar-refractivity contribution in [3.05, 3.63) is 58.9 Å². The lowest BCUT2D eigenvalue weighted by Crippen LogP contribution is -1.96. The van der Waals surface area contributed by atoms with E-state index in [1.807, 2.05) is 0 Å². The minimum atomic E-state index is -0.181. The molecule has 3 rings (SSSR count). The van der Waals surface area contributed by atoms with Crippen LogP contribution in [0.4, 0.5) is 0 Å². The van der Waals surface area contributed by atoms with Crippen LogP contribution in [0.1, 0.15) is 16.1 Å². The zero-order valence-corrected chi connectivity index (χ0v) is 11.1. The molecule has 0 aliphatic carbocycles. The van der Waals surface area contributed by atoms with Crippen molar-refractivity contribution < 1.29 is 14.3 Å². The van der Waals surface area contributed by atoms with E-state index in [2.05, 4.69) is 4.98 Å². The van der Waals surface area contributed by atoms with E-state index in [0.717, 1.165) is 0 Å². The second-order valence-electron chi connectivity index (χ2n) is 4.14. The molecule has 1 aliphatic rings. The number of carbonyl (C=O) groups is 1. The molecule has 5 heteroatoms. The number of ketones is 1. The van der Waals surface area contributed by atoms with Crippen LogP contribution >= 0.6 is 11.6 Å². The number of nitrogens with zero attached hydrogens (tertiary/aromatic N) is 1. The molecule has 0 spiro atoms. The quantitative estimate of drug-likeness (QED) is 0.641. The van der Waals surface area contributed by atoms with E-state index in [0.29, 0.717) is 27.8 Å². The second kappa shape index (κ2) is 5.35. The average molecular weight is 288 g/mol. The van der Waals surface area contributed by atoms with Crippen molar-refractivity contribution in [3.63, 3.8) is 0 Å². The third-order valence-corrected chi connectivity index (χ3v) is 3.15. The van der Waals surface area contributed by atoms with Crippen LogP contribution in [0.5, 0.6) is 11.5 Å². The zero-order chi connectivity index (χ0) is 13.9. The first-order valence-corrected chi connectivity index (χ1v) is 6.34. The van der Waals surface area contributed by atoms with E-state index in [4.69, 9.17) is 21.1 Å². The molecule has 2 heterocycles. The lowest BCUT2D eigenvalue weighted by molar-refractivity contribution is 0.104. The SMILES string of the molecule is O=C(/C=C/c1cc2c(cc1Cl)OCO2)c1ccccn1. The summed E-state index contributed by atoms with van der Waals surface area (Å²) < 4.78 is 10.5. The number of benzene rings is 1. The van der Waals surface area contributed by atoms with Gasteiger partial charge in [0, 0.05) is 12.3 Å². The molecular weight excluding hydrogens is 278 g/mol. The van der Waals surface area contributed by atoms with Crippen LogP contribution in [0.3, 0.4) is 0 Å². The van der Waals surface area contributed by atoms with Crippen LogP contribution in [0, 0.1) is 0 Å². The molecule has 100 valence electrons. The Morgan fingerprint density at radius 2 is 2.05 bits per heavy atom. The van der Waals surface area contributed by atoms with Gasteiger partial charge in [-0.15, -0.1) is 0 Å². The third kappa shape index (κ3) is 2.51. The van der Waals surface area contributed by atoms with E-state index in [-0.39, 0.29) is 12.6 Å². The van der Waals surface area contributed by atoms with Gasteiger partial charge in [-0.25, -0.2) is 0 Å². The predicted molar refractivity (Wildman–Crippen MR) is 75.2 cm³/mol. The fourth-order valence-electron chi connectivity index (χ4n) is 1.82. The lowest BCUT2D eigenvalue weighted by Gasteiger charge is -2.01. The van der Waals surface area contributed by atoms with Crippen molar-refractivity contribution in [2.45, 2.75) is 0 Å². The van der Waals surface area contributed by atoms with Gasteiger partial charge in [0.1, 0.15) is 5.69 Å². The summed E-state index contributed by atoms with van der Waals surface area (Å²) in [6, 6.07) is 8.60. The van der Waals surface area contributed by atoms with Crippen molar-refractivity contribution in [2.24, 2.45) is 0 Å². The van der Waals surface area contributed by atoms with Gasteiger partial charge < -0.3 is 9.47 Å². The molecule has 20 heavy (non-hydrogen) atoms. The van der Waals surface area contributed by atoms with Crippen molar-refractivity contribution in [1.29, 1.82) is 0 Å². The predicted octanol–water partition coefficient (Wildman–Crippen LogP) is 3.36. The number of rotatable bonds is 3. The Morgan fingerprint density at radius 3 is 2.80 bits per heavy atom. The van der Waals surface area contributed by atoms with Gasteiger partial charge in [-0.05, 0) is 35.9 Å². The molecule has 4 nitrogen and oxygen atoms in total. The summed E-state index contributed by atoms with van der Waals surface area (Å²) in [6.45, 7) is 0.186. The third-order valence-electron chi connectivity index (χ3n) is 2.82.